The number of hydrogen-bond acceptors (Lipinski definition) is 1. The van der Waals surface area contributed by atoms with Crippen LogP contribution in [0.25, 0.3) is 4.85 Å². The van der Waals surface area contributed by atoms with E-state index in [4.69, 9.17) is 6.57 Å². The Morgan fingerprint density at radius 3 is 2.50 bits per heavy atom. The van der Waals surface area contributed by atoms with Crippen LogP contribution in [0.15, 0.2) is 0 Å². The van der Waals surface area contributed by atoms with Gasteiger partial charge in [-0.15, -0.1) is 0 Å². The number of alkyl halides is 3. The summed E-state index contributed by atoms with van der Waals surface area (Å²) in [4.78, 5) is 13.0. The number of carbonyl (C=O) groups excluding carboxylic acids is 1. The van der Waals surface area contributed by atoms with Crippen molar-refractivity contribution in [3.8, 4) is 0 Å². The second-order valence-electron chi connectivity index (χ2n) is 2.21. The molecule has 0 aliphatic rings. The van der Waals surface area contributed by atoms with Crippen molar-refractivity contribution >= 4 is 5.91 Å². The molecule has 1 unspecified atom stereocenters. The SMILES string of the molecule is [C-]#[N+]CC(C)NC(=O)C(F)(F)F. The first-order valence-electron chi connectivity index (χ1n) is 3.09. The van der Waals surface area contributed by atoms with Gasteiger partial charge < -0.3 is 10.2 Å². The van der Waals surface area contributed by atoms with Gasteiger partial charge in [-0.2, -0.15) is 13.2 Å². The highest BCUT2D eigenvalue weighted by Gasteiger charge is 2.39. The second kappa shape index (κ2) is 3.95. The number of nitrogens with one attached hydrogen (secondary N) is 1. The van der Waals surface area contributed by atoms with Crippen LogP contribution in [0.3, 0.4) is 0 Å². The van der Waals surface area contributed by atoms with Crippen LogP contribution in [0, 0.1) is 6.57 Å². The van der Waals surface area contributed by atoms with Gasteiger partial charge in [-0.05, 0) is 6.92 Å². The minimum absolute atomic E-state index is 0.151. The molecule has 1 atom stereocenters. The lowest BCUT2D eigenvalue weighted by Gasteiger charge is -2.09. The fourth-order valence-electron chi connectivity index (χ4n) is 0.488. The first-order valence-corrected chi connectivity index (χ1v) is 3.09. The van der Waals surface area contributed by atoms with E-state index in [0.29, 0.717) is 0 Å². The third kappa shape index (κ3) is 3.81. The van der Waals surface area contributed by atoms with Crippen LogP contribution in [0.2, 0.25) is 0 Å². The molecule has 0 aliphatic carbocycles. The Kier molecular flexibility index (Phi) is 3.54. The summed E-state index contributed by atoms with van der Waals surface area (Å²) in [5, 5.41) is 1.64. The summed E-state index contributed by atoms with van der Waals surface area (Å²) in [6.45, 7) is 7.51. The van der Waals surface area contributed by atoms with Gasteiger partial charge in [0.1, 0.15) is 0 Å². The lowest BCUT2D eigenvalue weighted by atomic mass is 10.3. The van der Waals surface area contributed by atoms with Crippen LogP contribution < -0.4 is 5.32 Å². The zero-order chi connectivity index (χ0) is 9.78. The van der Waals surface area contributed by atoms with Crippen LogP contribution in [0.1, 0.15) is 6.92 Å². The van der Waals surface area contributed by atoms with E-state index >= 15 is 0 Å². The molecule has 1 N–H and O–H groups in total. The third-order valence-corrected chi connectivity index (χ3v) is 1.00. The molecule has 0 bridgehead atoms. The Morgan fingerprint density at radius 2 is 2.17 bits per heavy atom. The molecule has 0 heterocycles. The molecular formula is C6H7F3N2O. The molecule has 0 aromatic carbocycles. The van der Waals surface area contributed by atoms with E-state index in [-0.39, 0.29) is 6.54 Å². The normalized spacial score (nSPS) is 13.2. The number of nitrogens with zero attached hydrogens (tertiary/aromatic N) is 1. The maximum atomic E-state index is 11.6. The molecule has 1 amide bonds. The maximum Gasteiger partial charge on any atom is 0.471 e. The van der Waals surface area contributed by atoms with E-state index in [0.717, 1.165) is 0 Å². The summed E-state index contributed by atoms with van der Waals surface area (Å²) in [5.41, 5.74) is 0. The van der Waals surface area contributed by atoms with Crippen molar-refractivity contribution in [2.45, 2.75) is 19.1 Å². The lowest BCUT2D eigenvalue weighted by Crippen LogP contribution is -2.42. The molecule has 0 saturated carbocycles. The molecular weight excluding hydrogens is 173 g/mol. The number of carbonyl (C=O) groups is 1. The summed E-state index contributed by atoms with van der Waals surface area (Å²) >= 11 is 0. The molecule has 0 spiro atoms. The van der Waals surface area contributed by atoms with Crippen LogP contribution in [-0.4, -0.2) is 24.7 Å². The minimum atomic E-state index is -4.86. The first kappa shape index (κ1) is 10.8. The van der Waals surface area contributed by atoms with Crippen molar-refractivity contribution in [1.82, 2.24) is 5.32 Å². The molecule has 0 aromatic rings. The highest BCUT2D eigenvalue weighted by molar-refractivity contribution is 5.81. The Morgan fingerprint density at radius 1 is 1.67 bits per heavy atom. The molecule has 68 valence electrons. The monoisotopic (exact) mass is 180 g/mol. The highest BCUT2D eigenvalue weighted by Crippen LogP contribution is 2.14. The van der Waals surface area contributed by atoms with Gasteiger partial charge in [0.05, 0.1) is 6.04 Å². The van der Waals surface area contributed by atoms with Crippen molar-refractivity contribution < 1.29 is 18.0 Å². The Labute approximate surface area is 67.4 Å². The van der Waals surface area contributed by atoms with E-state index in [2.05, 4.69) is 4.85 Å². The van der Waals surface area contributed by atoms with Crippen molar-refractivity contribution in [3.05, 3.63) is 11.4 Å². The van der Waals surface area contributed by atoms with Crippen molar-refractivity contribution in [2.24, 2.45) is 0 Å². The predicted molar refractivity (Wildman–Crippen MR) is 35.1 cm³/mol. The Hall–Kier alpha value is -1.25. The summed E-state index contributed by atoms with van der Waals surface area (Å²) in [5.74, 6) is -2.00. The zero-order valence-electron chi connectivity index (χ0n) is 6.27. The third-order valence-electron chi connectivity index (χ3n) is 1.00. The molecule has 0 aromatic heterocycles. The molecule has 0 saturated heterocycles. The predicted octanol–water partition coefficient (Wildman–Crippen LogP) is 0.973. The molecule has 0 radical (unpaired) electrons. The van der Waals surface area contributed by atoms with E-state index in [9.17, 15) is 18.0 Å². The fourth-order valence-corrected chi connectivity index (χ4v) is 0.488. The summed E-state index contributed by atoms with van der Waals surface area (Å²) in [6, 6.07) is -0.767. The molecule has 12 heavy (non-hydrogen) atoms. The van der Waals surface area contributed by atoms with Gasteiger partial charge in [-0.25, -0.2) is 6.57 Å². The van der Waals surface area contributed by atoms with Gasteiger partial charge in [0.15, 0.2) is 0 Å². The smallest absolute Gasteiger partial charge is 0.338 e. The molecule has 6 heteroatoms. The largest absolute Gasteiger partial charge is 0.471 e. The topological polar surface area (TPSA) is 33.5 Å². The van der Waals surface area contributed by atoms with E-state index < -0.39 is 18.1 Å². The van der Waals surface area contributed by atoms with Crippen molar-refractivity contribution in [2.75, 3.05) is 6.54 Å². The van der Waals surface area contributed by atoms with E-state index in [1.54, 1.807) is 5.32 Å². The van der Waals surface area contributed by atoms with Crippen LogP contribution in [0.5, 0.6) is 0 Å². The van der Waals surface area contributed by atoms with E-state index in [1.807, 2.05) is 0 Å². The first-order chi connectivity index (χ1) is 5.38. The average molecular weight is 180 g/mol. The summed E-state index contributed by atoms with van der Waals surface area (Å²) in [6.07, 6.45) is -4.86. The van der Waals surface area contributed by atoms with Crippen LogP contribution in [-0.2, 0) is 4.79 Å². The minimum Gasteiger partial charge on any atom is -0.338 e. The standard InChI is InChI=1S/C6H7F3N2O/c1-4(3-10-2)11-5(12)6(7,8)9/h4H,3H2,1H3,(H,11,12). The highest BCUT2D eigenvalue weighted by atomic mass is 19.4. The Balaban J connectivity index is 3.95. The quantitative estimate of drug-likeness (QED) is 0.631. The van der Waals surface area contributed by atoms with E-state index in [1.165, 1.54) is 6.92 Å². The maximum absolute atomic E-state index is 11.6. The number of rotatable bonds is 2. The van der Waals surface area contributed by atoms with Crippen LogP contribution in [0.4, 0.5) is 13.2 Å². The zero-order valence-corrected chi connectivity index (χ0v) is 6.27. The van der Waals surface area contributed by atoms with Gasteiger partial charge in [-0.3, -0.25) is 4.79 Å². The number of amides is 1. The van der Waals surface area contributed by atoms with Crippen LogP contribution >= 0.6 is 0 Å². The number of hydrogen-bond donors (Lipinski definition) is 1. The fraction of sp³-hybridized carbons (Fsp3) is 0.667. The molecule has 0 fully saturated rings. The van der Waals surface area contributed by atoms with Gasteiger partial charge >= 0.3 is 12.1 Å². The van der Waals surface area contributed by atoms with Gasteiger partial charge in [0.2, 0.25) is 6.54 Å². The van der Waals surface area contributed by atoms with Gasteiger partial charge in [-0.1, -0.05) is 0 Å². The molecule has 0 rings (SSSR count). The summed E-state index contributed by atoms with van der Waals surface area (Å²) in [7, 11) is 0. The average Bonchev–Trinajstić information content (AvgIpc) is 1.85. The molecule has 0 aliphatic heterocycles. The van der Waals surface area contributed by atoms with Gasteiger partial charge in [0, 0.05) is 0 Å². The van der Waals surface area contributed by atoms with Gasteiger partial charge in [0.25, 0.3) is 0 Å². The molecule has 3 nitrogen and oxygen atoms in total. The number of halogens is 3. The Bertz CT molecular complexity index is 206. The van der Waals surface area contributed by atoms with Crippen molar-refractivity contribution in [1.29, 1.82) is 0 Å². The lowest BCUT2D eigenvalue weighted by molar-refractivity contribution is -0.174. The second-order valence-corrected chi connectivity index (χ2v) is 2.21. The van der Waals surface area contributed by atoms with Crippen molar-refractivity contribution in [3.63, 3.8) is 0 Å². The summed E-state index contributed by atoms with van der Waals surface area (Å²) < 4.78 is 34.7.